The van der Waals surface area contributed by atoms with Crippen molar-refractivity contribution in [1.82, 2.24) is 15.8 Å². The molecular formula is C20H39N3O2. The van der Waals surface area contributed by atoms with E-state index in [0.717, 1.165) is 51.1 Å². The zero-order valence-corrected chi connectivity index (χ0v) is 17.0. The lowest BCUT2D eigenvalue weighted by atomic mass is 9.91. The molecule has 0 bridgehead atoms. The molecule has 0 aromatic carbocycles. The highest BCUT2D eigenvalue weighted by atomic mass is 16.5. The van der Waals surface area contributed by atoms with Gasteiger partial charge in [-0.1, -0.05) is 27.4 Å². The summed E-state index contributed by atoms with van der Waals surface area (Å²) in [5.74, 6) is 5.96. The molecule has 0 atom stereocenters. The van der Waals surface area contributed by atoms with E-state index in [2.05, 4.69) is 49.9 Å². The normalized spacial score (nSPS) is 11.3. The van der Waals surface area contributed by atoms with Crippen molar-refractivity contribution in [2.45, 2.75) is 53.4 Å². The van der Waals surface area contributed by atoms with Crippen LogP contribution in [0.2, 0.25) is 0 Å². The molecule has 0 saturated heterocycles. The Morgan fingerprint density at radius 3 is 2.48 bits per heavy atom. The molecule has 2 N–H and O–H groups in total. The number of hydrogen-bond donors (Lipinski definition) is 2. The lowest BCUT2D eigenvalue weighted by Gasteiger charge is -2.20. The van der Waals surface area contributed by atoms with Crippen molar-refractivity contribution in [3.8, 4) is 11.8 Å². The Bertz CT molecular complexity index is 394. The van der Waals surface area contributed by atoms with Gasteiger partial charge >= 0.3 is 0 Å². The number of unbranched alkanes of at least 4 members (excludes halogenated alkanes) is 2. The lowest BCUT2D eigenvalue weighted by Crippen LogP contribution is -2.38. The first-order valence-electron chi connectivity index (χ1n) is 9.26. The van der Waals surface area contributed by atoms with Crippen LogP contribution in [0.25, 0.3) is 0 Å². The Kier molecular flexibility index (Phi) is 14.6. The van der Waals surface area contributed by atoms with E-state index in [0.29, 0.717) is 19.9 Å². The number of hydrogen-bond acceptors (Lipinski definition) is 5. The van der Waals surface area contributed by atoms with Gasteiger partial charge < -0.3 is 14.8 Å². The van der Waals surface area contributed by atoms with Crippen LogP contribution in [0.4, 0.5) is 0 Å². The second-order valence-electron chi connectivity index (χ2n) is 7.41. The Morgan fingerprint density at radius 1 is 1.08 bits per heavy atom. The standard InChI is InChI=1S/C20H39N3O2/c1-7-8-9-10-11-14-25-18-23(6)22-13-16-24-15-12-21-19(2)17-20(3,4)5/h21-22H,2,9-18H2,1,3-6H3. The first-order chi connectivity index (χ1) is 11.8. The molecule has 0 aliphatic rings. The van der Waals surface area contributed by atoms with Crippen molar-refractivity contribution in [2.24, 2.45) is 5.41 Å². The van der Waals surface area contributed by atoms with Gasteiger partial charge in [0.25, 0.3) is 0 Å². The third-order valence-electron chi connectivity index (χ3n) is 3.30. The fourth-order valence-corrected chi connectivity index (χ4v) is 2.20. The van der Waals surface area contributed by atoms with Gasteiger partial charge in [0.15, 0.2) is 0 Å². The Labute approximate surface area is 155 Å². The van der Waals surface area contributed by atoms with Crippen molar-refractivity contribution in [3.05, 3.63) is 12.3 Å². The fourth-order valence-electron chi connectivity index (χ4n) is 2.20. The summed E-state index contributed by atoms with van der Waals surface area (Å²) in [6.07, 6.45) is 4.09. The molecule has 25 heavy (non-hydrogen) atoms. The highest BCUT2D eigenvalue weighted by Gasteiger charge is 2.11. The molecule has 0 amide bonds. The van der Waals surface area contributed by atoms with Crippen LogP contribution in [0.3, 0.4) is 0 Å². The molecule has 146 valence electrons. The minimum atomic E-state index is 0.269. The van der Waals surface area contributed by atoms with Crippen LogP contribution < -0.4 is 10.7 Å². The zero-order chi connectivity index (χ0) is 19.0. The Balaban J connectivity index is 3.35. The number of rotatable bonds is 15. The van der Waals surface area contributed by atoms with Crippen molar-refractivity contribution in [2.75, 3.05) is 46.7 Å². The van der Waals surface area contributed by atoms with Crippen LogP contribution in [0.1, 0.15) is 53.4 Å². The molecule has 0 spiro atoms. The predicted octanol–water partition coefficient (Wildman–Crippen LogP) is 3.15. The molecule has 0 unspecified atom stereocenters. The number of hydrazine groups is 1. The molecule has 0 rings (SSSR count). The Morgan fingerprint density at radius 2 is 1.80 bits per heavy atom. The molecule has 5 nitrogen and oxygen atoms in total. The van der Waals surface area contributed by atoms with Crippen molar-refractivity contribution < 1.29 is 9.47 Å². The molecule has 0 heterocycles. The summed E-state index contributed by atoms with van der Waals surface area (Å²) in [6.45, 7) is 16.8. The number of allylic oxidation sites excluding steroid dienone is 1. The summed E-state index contributed by atoms with van der Waals surface area (Å²) in [5.41, 5.74) is 4.59. The van der Waals surface area contributed by atoms with Gasteiger partial charge in [0.05, 0.1) is 13.2 Å². The third-order valence-corrected chi connectivity index (χ3v) is 3.30. The van der Waals surface area contributed by atoms with Crippen molar-refractivity contribution >= 4 is 0 Å². The molecule has 0 aliphatic carbocycles. The van der Waals surface area contributed by atoms with E-state index in [1.807, 2.05) is 19.0 Å². The van der Waals surface area contributed by atoms with E-state index in [1.54, 1.807) is 0 Å². The van der Waals surface area contributed by atoms with Crippen LogP contribution in [-0.4, -0.2) is 51.7 Å². The monoisotopic (exact) mass is 353 g/mol. The first-order valence-corrected chi connectivity index (χ1v) is 9.26. The SMILES string of the molecule is C=C(CC(C)(C)C)NCCOCCNN(C)COCCCCC#CC. The van der Waals surface area contributed by atoms with Gasteiger partial charge in [-0.2, -0.15) is 0 Å². The van der Waals surface area contributed by atoms with Gasteiger partial charge in [-0.05, 0) is 31.6 Å². The quantitative estimate of drug-likeness (QED) is 0.205. The second kappa shape index (κ2) is 15.2. The van der Waals surface area contributed by atoms with E-state index < -0.39 is 0 Å². The van der Waals surface area contributed by atoms with Crippen LogP contribution >= 0.6 is 0 Å². The summed E-state index contributed by atoms with van der Waals surface area (Å²) in [6, 6.07) is 0. The topological polar surface area (TPSA) is 45.8 Å². The molecule has 0 radical (unpaired) electrons. The van der Waals surface area contributed by atoms with Gasteiger partial charge in [-0.3, -0.25) is 5.43 Å². The summed E-state index contributed by atoms with van der Waals surface area (Å²) < 4.78 is 11.2. The smallest absolute Gasteiger partial charge is 0.111 e. The third kappa shape index (κ3) is 19.1. The maximum absolute atomic E-state index is 5.60. The number of nitrogens with one attached hydrogen (secondary N) is 2. The zero-order valence-electron chi connectivity index (χ0n) is 17.0. The second-order valence-corrected chi connectivity index (χ2v) is 7.41. The van der Waals surface area contributed by atoms with Gasteiger partial charge in [0, 0.05) is 38.9 Å². The average molecular weight is 354 g/mol. The maximum Gasteiger partial charge on any atom is 0.111 e. The van der Waals surface area contributed by atoms with Gasteiger partial charge in [0.2, 0.25) is 0 Å². The maximum atomic E-state index is 5.60. The minimum absolute atomic E-state index is 0.269. The predicted molar refractivity (Wildman–Crippen MR) is 106 cm³/mol. The molecule has 0 saturated carbocycles. The van der Waals surface area contributed by atoms with E-state index >= 15 is 0 Å². The van der Waals surface area contributed by atoms with Crippen LogP contribution in [0.15, 0.2) is 12.3 Å². The molecule has 0 aliphatic heterocycles. The summed E-state index contributed by atoms with van der Waals surface area (Å²) in [5, 5.41) is 5.26. The summed E-state index contributed by atoms with van der Waals surface area (Å²) in [4.78, 5) is 0. The number of ether oxygens (including phenoxy) is 2. The average Bonchev–Trinajstić information content (AvgIpc) is 2.51. The van der Waals surface area contributed by atoms with Crippen molar-refractivity contribution in [1.29, 1.82) is 0 Å². The first kappa shape index (κ1) is 23.9. The highest BCUT2D eigenvalue weighted by molar-refractivity contribution is 4.95. The van der Waals surface area contributed by atoms with Gasteiger partial charge in [-0.25, -0.2) is 5.01 Å². The number of nitrogens with zero attached hydrogens (tertiary/aromatic N) is 1. The van der Waals surface area contributed by atoms with E-state index in [4.69, 9.17) is 9.47 Å². The van der Waals surface area contributed by atoms with Crippen LogP contribution in [0.5, 0.6) is 0 Å². The Hall–Kier alpha value is -1.06. The minimum Gasteiger partial charge on any atom is -0.386 e. The molecule has 0 aromatic heterocycles. The summed E-state index contributed by atoms with van der Waals surface area (Å²) >= 11 is 0. The van der Waals surface area contributed by atoms with Crippen LogP contribution in [0, 0.1) is 17.3 Å². The molecular weight excluding hydrogens is 314 g/mol. The summed E-state index contributed by atoms with van der Waals surface area (Å²) in [7, 11) is 1.97. The van der Waals surface area contributed by atoms with Gasteiger partial charge in [0.1, 0.15) is 6.73 Å². The van der Waals surface area contributed by atoms with E-state index in [9.17, 15) is 0 Å². The molecule has 5 heteroatoms. The highest BCUT2D eigenvalue weighted by Crippen LogP contribution is 2.21. The van der Waals surface area contributed by atoms with Crippen molar-refractivity contribution in [3.63, 3.8) is 0 Å². The fraction of sp³-hybridized carbons (Fsp3) is 0.800. The molecule has 0 fully saturated rings. The van der Waals surface area contributed by atoms with Gasteiger partial charge in [-0.15, -0.1) is 11.8 Å². The molecule has 0 aromatic rings. The lowest BCUT2D eigenvalue weighted by molar-refractivity contribution is 0.00809. The van der Waals surface area contributed by atoms with E-state index in [1.165, 1.54) is 0 Å². The van der Waals surface area contributed by atoms with E-state index in [-0.39, 0.29) is 5.41 Å². The van der Waals surface area contributed by atoms with Crippen LogP contribution in [-0.2, 0) is 9.47 Å². The largest absolute Gasteiger partial charge is 0.386 e.